The van der Waals surface area contributed by atoms with E-state index in [1.807, 2.05) is 26.0 Å². The third-order valence-corrected chi connectivity index (χ3v) is 8.37. The SMILES string of the molecule is C=CC(=O)Nc1cc2c(s1)CN(S(=O)(=O)c1ccc(C(=O)NCc3cc(C)cc(C)c3)cc1)C2. The number of fused-ring (bicyclic) bond motifs is 1. The summed E-state index contributed by atoms with van der Waals surface area (Å²) in [6.45, 7) is 8.32. The van der Waals surface area contributed by atoms with Crippen LogP contribution in [0.25, 0.3) is 0 Å². The third-order valence-electron chi connectivity index (χ3n) is 5.48. The molecule has 176 valence electrons. The number of aryl methyl sites for hydroxylation is 2. The van der Waals surface area contributed by atoms with Gasteiger partial charge in [-0.05, 0) is 61.4 Å². The molecule has 1 aliphatic rings. The van der Waals surface area contributed by atoms with Crippen LogP contribution in [0, 0.1) is 13.8 Å². The topological polar surface area (TPSA) is 95.6 Å². The van der Waals surface area contributed by atoms with Crippen LogP contribution in [0.3, 0.4) is 0 Å². The summed E-state index contributed by atoms with van der Waals surface area (Å²) in [4.78, 5) is 25.0. The van der Waals surface area contributed by atoms with Crippen LogP contribution in [0.1, 0.15) is 37.5 Å². The van der Waals surface area contributed by atoms with E-state index in [1.54, 1.807) is 6.07 Å². The Hall–Kier alpha value is -3.27. The highest BCUT2D eigenvalue weighted by Gasteiger charge is 2.32. The maximum atomic E-state index is 13.1. The lowest BCUT2D eigenvalue weighted by Gasteiger charge is -2.16. The van der Waals surface area contributed by atoms with Crippen molar-refractivity contribution in [3.8, 4) is 0 Å². The van der Waals surface area contributed by atoms with Gasteiger partial charge >= 0.3 is 0 Å². The molecule has 0 atom stereocenters. The molecule has 2 N–H and O–H groups in total. The van der Waals surface area contributed by atoms with Crippen molar-refractivity contribution in [3.63, 3.8) is 0 Å². The van der Waals surface area contributed by atoms with Crippen LogP contribution in [0.15, 0.2) is 66.1 Å². The van der Waals surface area contributed by atoms with Crippen molar-refractivity contribution in [3.05, 3.63) is 93.9 Å². The molecule has 4 rings (SSSR count). The number of nitrogens with one attached hydrogen (secondary N) is 2. The van der Waals surface area contributed by atoms with Crippen molar-refractivity contribution < 1.29 is 18.0 Å². The minimum atomic E-state index is -3.72. The van der Waals surface area contributed by atoms with Crippen LogP contribution in [0.5, 0.6) is 0 Å². The smallest absolute Gasteiger partial charge is 0.251 e. The number of hydrogen-bond donors (Lipinski definition) is 2. The standard InChI is InChI=1S/C25H25N3O4S2/c1-4-23(29)27-24-12-20-14-28(15-22(20)33-24)34(31,32)21-7-5-19(6-8-21)25(30)26-13-18-10-16(2)9-17(3)11-18/h4-12H,1,13-15H2,2-3H3,(H,26,30)(H,27,29). The summed E-state index contributed by atoms with van der Waals surface area (Å²) in [7, 11) is -3.72. The summed E-state index contributed by atoms with van der Waals surface area (Å²) in [5.74, 6) is -0.567. The maximum Gasteiger partial charge on any atom is 0.251 e. The molecule has 2 heterocycles. The van der Waals surface area contributed by atoms with Gasteiger partial charge in [0.05, 0.1) is 9.90 Å². The first-order chi connectivity index (χ1) is 16.2. The number of carbonyl (C=O) groups excluding carboxylic acids is 2. The maximum absolute atomic E-state index is 13.1. The quantitative estimate of drug-likeness (QED) is 0.482. The highest BCUT2D eigenvalue weighted by molar-refractivity contribution is 7.89. The van der Waals surface area contributed by atoms with Crippen LogP contribution in [-0.2, 0) is 34.5 Å². The molecule has 0 fully saturated rings. The minimum Gasteiger partial charge on any atom is -0.348 e. The molecule has 0 saturated carbocycles. The zero-order valence-corrected chi connectivity index (χ0v) is 20.6. The van der Waals surface area contributed by atoms with Crippen molar-refractivity contribution in [2.24, 2.45) is 0 Å². The van der Waals surface area contributed by atoms with Crippen LogP contribution in [-0.4, -0.2) is 24.5 Å². The number of benzene rings is 2. The van der Waals surface area contributed by atoms with Gasteiger partial charge in [0, 0.05) is 30.1 Å². The van der Waals surface area contributed by atoms with Gasteiger partial charge in [-0.1, -0.05) is 35.9 Å². The molecule has 2 aromatic carbocycles. The second kappa shape index (κ2) is 9.54. The second-order valence-electron chi connectivity index (χ2n) is 8.23. The number of thiophene rings is 1. The van der Waals surface area contributed by atoms with Crippen molar-refractivity contribution in [2.75, 3.05) is 5.32 Å². The van der Waals surface area contributed by atoms with Gasteiger partial charge in [0.1, 0.15) is 0 Å². The summed E-state index contributed by atoms with van der Waals surface area (Å²) in [5.41, 5.74) is 4.54. The Balaban J connectivity index is 1.40. The fourth-order valence-corrected chi connectivity index (χ4v) is 6.49. The van der Waals surface area contributed by atoms with Crippen molar-refractivity contribution >= 4 is 38.2 Å². The summed E-state index contributed by atoms with van der Waals surface area (Å²) in [6, 6.07) is 13.9. The molecule has 7 nitrogen and oxygen atoms in total. The van der Waals surface area contributed by atoms with E-state index in [9.17, 15) is 18.0 Å². The molecular formula is C25H25N3O4S2. The number of carbonyl (C=O) groups is 2. The molecule has 2 amide bonds. The lowest BCUT2D eigenvalue weighted by molar-refractivity contribution is -0.111. The van der Waals surface area contributed by atoms with Crippen LogP contribution < -0.4 is 10.6 Å². The van der Waals surface area contributed by atoms with E-state index in [0.717, 1.165) is 27.1 Å². The average molecular weight is 496 g/mol. The Morgan fingerprint density at radius 2 is 1.74 bits per heavy atom. The van der Waals surface area contributed by atoms with Gasteiger partial charge in [-0.15, -0.1) is 11.3 Å². The zero-order chi connectivity index (χ0) is 24.5. The largest absolute Gasteiger partial charge is 0.348 e. The lowest BCUT2D eigenvalue weighted by Crippen LogP contribution is -2.26. The molecule has 0 spiro atoms. The Morgan fingerprint density at radius 1 is 1.06 bits per heavy atom. The summed E-state index contributed by atoms with van der Waals surface area (Å²) in [6.07, 6.45) is 1.19. The minimum absolute atomic E-state index is 0.133. The molecule has 1 aromatic heterocycles. The molecule has 0 bridgehead atoms. The molecule has 0 radical (unpaired) electrons. The van der Waals surface area contributed by atoms with Gasteiger partial charge in [-0.3, -0.25) is 9.59 Å². The number of anilines is 1. The third kappa shape index (κ3) is 5.11. The van der Waals surface area contributed by atoms with Crippen molar-refractivity contribution in [1.29, 1.82) is 0 Å². The van der Waals surface area contributed by atoms with E-state index in [0.29, 0.717) is 17.1 Å². The molecule has 0 saturated heterocycles. The predicted molar refractivity (Wildman–Crippen MR) is 133 cm³/mol. The van der Waals surface area contributed by atoms with Gasteiger partial charge in [0.2, 0.25) is 15.9 Å². The Kier molecular flexibility index (Phi) is 6.70. The van der Waals surface area contributed by atoms with Crippen molar-refractivity contribution in [1.82, 2.24) is 9.62 Å². The predicted octanol–water partition coefficient (Wildman–Crippen LogP) is 4.12. The van der Waals surface area contributed by atoms with Gasteiger partial charge in [-0.25, -0.2) is 8.42 Å². The monoisotopic (exact) mass is 495 g/mol. The molecular weight excluding hydrogens is 470 g/mol. The number of hydrogen-bond acceptors (Lipinski definition) is 5. The Labute approximate surface area is 203 Å². The number of amides is 2. The first kappa shape index (κ1) is 23.9. The summed E-state index contributed by atoms with van der Waals surface area (Å²) >= 11 is 1.35. The lowest BCUT2D eigenvalue weighted by atomic mass is 10.1. The fraction of sp³-hybridized carbons (Fsp3) is 0.200. The molecule has 1 aliphatic heterocycles. The summed E-state index contributed by atoms with van der Waals surface area (Å²) < 4.78 is 27.6. The first-order valence-electron chi connectivity index (χ1n) is 10.7. The van der Waals surface area contributed by atoms with E-state index in [4.69, 9.17) is 0 Å². The van der Waals surface area contributed by atoms with Gasteiger partial charge in [-0.2, -0.15) is 4.31 Å². The van der Waals surface area contributed by atoms with E-state index in [2.05, 4.69) is 23.3 Å². The van der Waals surface area contributed by atoms with Crippen LogP contribution in [0.2, 0.25) is 0 Å². The average Bonchev–Trinajstić information content (AvgIpc) is 3.36. The molecule has 9 heteroatoms. The normalized spacial score (nSPS) is 13.4. The second-order valence-corrected chi connectivity index (χ2v) is 11.3. The number of sulfonamides is 1. The summed E-state index contributed by atoms with van der Waals surface area (Å²) in [5, 5.41) is 6.26. The highest BCUT2D eigenvalue weighted by atomic mass is 32.2. The number of rotatable bonds is 7. The highest BCUT2D eigenvalue weighted by Crippen LogP contribution is 2.36. The van der Waals surface area contributed by atoms with E-state index in [-0.39, 0.29) is 29.8 Å². The van der Waals surface area contributed by atoms with E-state index in [1.165, 1.54) is 46.0 Å². The number of nitrogens with zero attached hydrogens (tertiary/aromatic N) is 1. The zero-order valence-electron chi connectivity index (χ0n) is 18.9. The molecule has 0 unspecified atom stereocenters. The van der Waals surface area contributed by atoms with Gasteiger partial charge < -0.3 is 10.6 Å². The van der Waals surface area contributed by atoms with Gasteiger partial charge in [0.15, 0.2) is 0 Å². The van der Waals surface area contributed by atoms with Crippen LogP contribution >= 0.6 is 11.3 Å². The Bertz CT molecular complexity index is 1330. The van der Waals surface area contributed by atoms with Crippen LogP contribution in [0.4, 0.5) is 5.00 Å². The fourth-order valence-electron chi connectivity index (χ4n) is 3.93. The molecule has 34 heavy (non-hydrogen) atoms. The van der Waals surface area contributed by atoms with E-state index < -0.39 is 10.0 Å². The van der Waals surface area contributed by atoms with Gasteiger partial charge in [0.25, 0.3) is 5.91 Å². The molecule has 0 aliphatic carbocycles. The van der Waals surface area contributed by atoms with E-state index >= 15 is 0 Å². The molecule has 3 aromatic rings. The Morgan fingerprint density at radius 3 is 2.35 bits per heavy atom. The first-order valence-corrected chi connectivity index (χ1v) is 12.9. The van der Waals surface area contributed by atoms with Crippen molar-refractivity contribution in [2.45, 2.75) is 38.4 Å².